The van der Waals surface area contributed by atoms with Crippen LogP contribution >= 0.6 is 24.0 Å². The van der Waals surface area contributed by atoms with Gasteiger partial charge in [0.05, 0.1) is 6.10 Å². The smallest absolute Gasteiger partial charge is 0.191 e. The summed E-state index contributed by atoms with van der Waals surface area (Å²) in [5.74, 6) is 2.00. The zero-order valence-electron chi connectivity index (χ0n) is 18.6. The summed E-state index contributed by atoms with van der Waals surface area (Å²) in [6.07, 6.45) is 2.48. The third-order valence-electron chi connectivity index (χ3n) is 6.30. The number of benzene rings is 1. The van der Waals surface area contributed by atoms with Crippen LogP contribution in [0.5, 0.6) is 0 Å². The van der Waals surface area contributed by atoms with Crippen molar-refractivity contribution in [3.05, 3.63) is 35.4 Å². The molecule has 2 N–H and O–H groups in total. The highest BCUT2D eigenvalue weighted by atomic mass is 127. The molecule has 4 atom stereocenters. The van der Waals surface area contributed by atoms with E-state index in [2.05, 4.69) is 72.5 Å². The first-order chi connectivity index (χ1) is 13.5. The first-order valence-electron chi connectivity index (χ1n) is 10.9. The molecule has 2 aliphatic heterocycles. The van der Waals surface area contributed by atoms with Crippen LogP contribution in [0.2, 0.25) is 0 Å². The second kappa shape index (κ2) is 11.5. The number of rotatable bonds is 5. The molecule has 1 aromatic rings. The maximum absolute atomic E-state index is 6.17. The van der Waals surface area contributed by atoms with Crippen molar-refractivity contribution in [2.45, 2.75) is 58.7 Å². The Labute approximate surface area is 194 Å². The van der Waals surface area contributed by atoms with Crippen molar-refractivity contribution < 1.29 is 4.74 Å². The number of ether oxygens (including phenoxy) is 1. The monoisotopic (exact) mass is 514 g/mol. The molecule has 0 saturated carbocycles. The Morgan fingerprint density at radius 3 is 2.59 bits per heavy atom. The van der Waals surface area contributed by atoms with Gasteiger partial charge in [-0.25, -0.2) is 0 Å². The number of aliphatic imine (C=N–C) groups is 1. The van der Waals surface area contributed by atoms with E-state index < -0.39 is 0 Å². The van der Waals surface area contributed by atoms with Crippen molar-refractivity contribution in [3.63, 3.8) is 0 Å². The molecule has 3 rings (SSSR count). The number of halogens is 1. The van der Waals surface area contributed by atoms with Crippen molar-refractivity contribution in [3.8, 4) is 0 Å². The van der Waals surface area contributed by atoms with Crippen LogP contribution in [-0.4, -0.2) is 56.2 Å². The fraction of sp³-hybridized carbons (Fsp3) is 0.696. The van der Waals surface area contributed by atoms with Gasteiger partial charge in [-0.3, -0.25) is 9.89 Å². The molecule has 5 nitrogen and oxygen atoms in total. The largest absolute Gasteiger partial charge is 0.373 e. The Morgan fingerprint density at radius 1 is 1.24 bits per heavy atom. The van der Waals surface area contributed by atoms with Crippen molar-refractivity contribution >= 4 is 29.9 Å². The molecule has 0 radical (unpaired) electrons. The normalized spacial score (nSPS) is 28.3. The van der Waals surface area contributed by atoms with E-state index in [4.69, 9.17) is 4.74 Å². The molecule has 2 aliphatic rings. The lowest BCUT2D eigenvalue weighted by Gasteiger charge is -2.33. The van der Waals surface area contributed by atoms with Crippen LogP contribution in [0.3, 0.4) is 0 Å². The van der Waals surface area contributed by atoms with E-state index in [0.29, 0.717) is 23.9 Å². The van der Waals surface area contributed by atoms with Gasteiger partial charge in [0.25, 0.3) is 0 Å². The third-order valence-corrected chi connectivity index (χ3v) is 6.30. The van der Waals surface area contributed by atoms with Gasteiger partial charge in [-0.1, -0.05) is 36.8 Å². The molecule has 29 heavy (non-hydrogen) atoms. The molecule has 2 heterocycles. The zero-order chi connectivity index (χ0) is 20.1. The summed E-state index contributed by atoms with van der Waals surface area (Å²) in [6.45, 7) is 13.0. The lowest BCUT2D eigenvalue weighted by Crippen LogP contribution is -2.48. The molecule has 2 fully saturated rings. The van der Waals surface area contributed by atoms with E-state index in [1.54, 1.807) is 0 Å². The number of aryl methyl sites for hydroxylation is 1. The van der Waals surface area contributed by atoms with Crippen LogP contribution in [-0.2, 0) is 4.74 Å². The van der Waals surface area contributed by atoms with Crippen LogP contribution in [0.1, 0.15) is 50.8 Å². The number of nitrogens with zero attached hydrogens (tertiary/aromatic N) is 2. The van der Waals surface area contributed by atoms with Gasteiger partial charge in [-0.15, -0.1) is 24.0 Å². The minimum atomic E-state index is 0. The highest BCUT2D eigenvalue weighted by Crippen LogP contribution is 2.33. The fourth-order valence-electron chi connectivity index (χ4n) is 4.39. The Morgan fingerprint density at radius 2 is 1.97 bits per heavy atom. The lowest BCUT2D eigenvalue weighted by molar-refractivity contribution is -0.0265. The van der Waals surface area contributed by atoms with E-state index in [-0.39, 0.29) is 30.1 Å². The maximum atomic E-state index is 6.17. The SMILES string of the molecule is CN=C(NCC1CCCOC1c1ccc(C)cc1)NC1CN(C(C)C)CC1C.I. The first kappa shape index (κ1) is 24.4. The van der Waals surface area contributed by atoms with Crippen molar-refractivity contribution in [1.82, 2.24) is 15.5 Å². The van der Waals surface area contributed by atoms with Crippen molar-refractivity contribution in [2.24, 2.45) is 16.8 Å². The predicted molar refractivity (Wildman–Crippen MR) is 132 cm³/mol. The Bertz CT molecular complexity index is 649. The molecule has 164 valence electrons. The molecule has 4 unspecified atom stereocenters. The van der Waals surface area contributed by atoms with Gasteiger partial charge < -0.3 is 15.4 Å². The molecule has 0 aromatic heterocycles. The van der Waals surface area contributed by atoms with Crippen LogP contribution in [0.4, 0.5) is 0 Å². The second-order valence-corrected chi connectivity index (χ2v) is 8.83. The second-order valence-electron chi connectivity index (χ2n) is 8.83. The molecule has 6 heteroatoms. The Balaban J connectivity index is 0.00000300. The molecule has 0 amide bonds. The van der Waals surface area contributed by atoms with E-state index in [1.807, 2.05) is 7.05 Å². The highest BCUT2D eigenvalue weighted by Gasteiger charge is 2.32. The fourth-order valence-corrected chi connectivity index (χ4v) is 4.39. The molecule has 0 spiro atoms. The summed E-state index contributed by atoms with van der Waals surface area (Å²) in [6, 6.07) is 9.83. The van der Waals surface area contributed by atoms with E-state index in [0.717, 1.165) is 38.6 Å². The Kier molecular flexibility index (Phi) is 9.69. The number of likely N-dealkylation sites (tertiary alicyclic amines) is 1. The number of hydrogen-bond acceptors (Lipinski definition) is 3. The standard InChI is InChI=1S/C23H38N4O.HI/c1-16(2)27-14-18(4)21(15-27)26-23(24-5)25-13-20-7-6-12-28-22(20)19-10-8-17(3)9-11-19;/h8-11,16,18,20-22H,6-7,12-15H2,1-5H3,(H2,24,25,26);1H. The molecule has 0 aliphatic carbocycles. The summed E-state index contributed by atoms with van der Waals surface area (Å²) in [5.41, 5.74) is 2.58. The van der Waals surface area contributed by atoms with Crippen LogP contribution < -0.4 is 10.6 Å². The molecular formula is C23H39IN4O. The van der Waals surface area contributed by atoms with E-state index >= 15 is 0 Å². The topological polar surface area (TPSA) is 48.9 Å². The van der Waals surface area contributed by atoms with Gasteiger partial charge >= 0.3 is 0 Å². The minimum absolute atomic E-state index is 0. The van der Waals surface area contributed by atoms with Crippen LogP contribution in [0, 0.1) is 18.8 Å². The number of guanidine groups is 1. The Hall–Kier alpha value is -0.860. The third kappa shape index (κ3) is 6.56. The molecule has 1 aromatic carbocycles. The van der Waals surface area contributed by atoms with Gasteiger partial charge in [-0.2, -0.15) is 0 Å². The van der Waals surface area contributed by atoms with E-state index in [9.17, 15) is 0 Å². The minimum Gasteiger partial charge on any atom is -0.373 e. The first-order valence-corrected chi connectivity index (χ1v) is 10.9. The maximum Gasteiger partial charge on any atom is 0.191 e. The quantitative estimate of drug-likeness (QED) is 0.355. The predicted octanol–water partition coefficient (Wildman–Crippen LogP) is 3.97. The van der Waals surface area contributed by atoms with Gasteiger partial charge in [0.2, 0.25) is 0 Å². The van der Waals surface area contributed by atoms with Gasteiger partial charge in [-0.05, 0) is 45.1 Å². The molecular weight excluding hydrogens is 475 g/mol. The van der Waals surface area contributed by atoms with Gasteiger partial charge in [0.15, 0.2) is 5.96 Å². The van der Waals surface area contributed by atoms with E-state index in [1.165, 1.54) is 17.5 Å². The number of nitrogens with one attached hydrogen (secondary N) is 2. The molecule has 2 saturated heterocycles. The molecule has 0 bridgehead atoms. The summed E-state index contributed by atoms with van der Waals surface area (Å²) < 4.78 is 6.17. The summed E-state index contributed by atoms with van der Waals surface area (Å²) in [7, 11) is 1.87. The van der Waals surface area contributed by atoms with Crippen LogP contribution in [0.15, 0.2) is 29.3 Å². The van der Waals surface area contributed by atoms with Gasteiger partial charge in [0.1, 0.15) is 0 Å². The van der Waals surface area contributed by atoms with Crippen LogP contribution in [0.25, 0.3) is 0 Å². The summed E-state index contributed by atoms with van der Waals surface area (Å²) in [4.78, 5) is 7.02. The summed E-state index contributed by atoms with van der Waals surface area (Å²) >= 11 is 0. The van der Waals surface area contributed by atoms with Gasteiger partial charge in [0, 0.05) is 51.3 Å². The highest BCUT2D eigenvalue weighted by molar-refractivity contribution is 14.0. The average Bonchev–Trinajstić information content (AvgIpc) is 3.07. The average molecular weight is 514 g/mol. The summed E-state index contributed by atoms with van der Waals surface area (Å²) in [5, 5.41) is 7.24. The zero-order valence-corrected chi connectivity index (χ0v) is 21.0. The number of hydrogen-bond donors (Lipinski definition) is 2. The van der Waals surface area contributed by atoms with Crippen molar-refractivity contribution in [1.29, 1.82) is 0 Å². The lowest BCUT2D eigenvalue weighted by atomic mass is 9.89. The van der Waals surface area contributed by atoms with Crippen molar-refractivity contribution in [2.75, 3.05) is 33.3 Å².